The molecule has 0 fully saturated rings. The second-order valence-electron chi connectivity index (χ2n) is 11.4. The van der Waals surface area contributed by atoms with Crippen molar-refractivity contribution < 1.29 is 0 Å². The summed E-state index contributed by atoms with van der Waals surface area (Å²) in [6.45, 7) is 9.85. The molecule has 0 atom stereocenters. The molecule has 0 saturated carbocycles. The van der Waals surface area contributed by atoms with Crippen LogP contribution in [0.2, 0.25) is 0 Å². The number of rotatable bonds is 11. The summed E-state index contributed by atoms with van der Waals surface area (Å²) >= 11 is 1.90. The van der Waals surface area contributed by atoms with Crippen molar-refractivity contribution in [3.8, 4) is 0 Å². The number of anilines is 2. The Labute approximate surface area is 263 Å². The standard InChI is InChI=1S/C40H44N2S/c1-5-27-42-38-29-31(3)17-24-39(38)43-40(42)25-23-34-20-19-33(21-22-35-28-30(2)16-18-32(35)4)37(34)15-11-6-7-12-26-41-36-13-9-8-10-14-36/h8-18,21-26,28-29,41H,5-7,19-20,27H2,1-4H3/b15-11-,22-21+,26-12+,34-23+,40-25-. The average molecular weight is 585 g/mol. The van der Waals surface area contributed by atoms with Crippen molar-refractivity contribution in [3.05, 3.63) is 153 Å². The van der Waals surface area contributed by atoms with Crippen molar-refractivity contribution in [2.45, 2.75) is 64.7 Å². The molecule has 3 aromatic rings. The third-order valence-corrected chi connectivity index (χ3v) is 9.07. The largest absolute Gasteiger partial charge is 0.362 e. The number of hydrogen-bond acceptors (Lipinski definition) is 3. The maximum Gasteiger partial charge on any atom is 0.0801 e. The number of fused-ring (bicyclic) bond motifs is 1. The van der Waals surface area contributed by atoms with E-state index in [-0.39, 0.29) is 0 Å². The molecule has 0 spiro atoms. The van der Waals surface area contributed by atoms with Crippen molar-refractivity contribution >= 4 is 29.2 Å². The van der Waals surface area contributed by atoms with Gasteiger partial charge in [0, 0.05) is 17.1 Å². The first-order valence-electron chi connectivity index (χ1n) is 15.6. The highest BCUT2D eigenvalue weighted by molar-refractivity contribution is 8.03. The number of benzene rings is 3. The van der Waals surface area contributed by atoms with Gasteiger partial charge in [-0.1, -0.05) is 103 Å². The van der Waals surface area contributed by atoms with E-state index in [1.807, 2.05) is 30.0 Å². The Bertz CT molecular complexity index is 1600. The molecule has 2 nitrogen and oxygen atoms in total. The minimum Gasteiger partial charge on any atom is -0.362 e. The molecule has 0 amide bonds. The number of nitrogens with zero attached hydrogens (tertiary/aromatic N) is 1. The number of allylic oxidation sites excluding steroid dienone is 9. The third-order valence-electron chi connectivity index (χ3n) is 7.94. The fourth-order valence-corrected chi connectivity index (χ4v) is 6.63. The number of nitrogens with one attached hydrogen (secondary N) is 1. The van der Waals surface area contributed by atoms with Crippen molar-refractivity contribution in [2.24, 2.45) is 0 Å². The monoisotopic (exact) mass is 584 g/mol. The summed E-state index contributed by atoms with van der Waals surface area (Å²) < 4.78 is 0. The Morgan fingerprint density at radius 1 is 0.814 bits per heavy atom. The van der Waals surface area contributed by atoms with Crippen LogP contribution in [-0.4, -0.2) is 6.54 Å². The van der Waals surface area contributed by atoms with E-state index in [0.717, 1.165) is 44.3 Å². The van der Waals surface area contributed by atoms with Crippen LogP contribution in [0, 0.1) is 20.8 Å². The quantitative estimate of drug-likeness (QED) is 0.226. The lowest BCUT2D eigenvalue weighted by Crippen LogP contribution is -2.18. The smallest absolute Gasteiger partial charge is 0.0801 e. The maximum atomic E-state index is 3.35. The van der Waals surface area contributed by atoms with Crippen LogP contribution in [0.25, 0.3) is 6.08 Å². The Morgan fingerprint density at radius 3 is 2.44 bits per heavy atom. The van der Waals surface area contributed by atoms with E-state index in [4.69, 9.17) is 0 Å². The normalized spacial score (nSPS) is 17.1. The Morgan fingerprint density at radius 2 is 1.60 bits per heavy atom. The van der Waals surface area contributed by atoms with Crippen LogP contribution in [0.4, 0.5) is 11.4 Å². The number of aryl methyl sites for hydroxylation is 3. The number of unbranched alkanes of at least 4 members (excludes halogenated alkanes) is 1. The van der Waals surface area contributed by atoms with Gasteiger partial charge in [-0.25, -0.2) is 0 Å². The van der Waals surface area contributed by atoms with Crippen molar-refractivity contribution in [1.29, 1.82) is 0 Å². The summed E-state index contributed by atoms with van der Waals surface area (Å²) in [6, 6.07) is 23.8. The van der Waals surface area contributed by atoms with Gasteiger partial charge in [-0.2, -0.15) is 0 Å². The molecule has 0 saturated heterocycles. The molecule has 0 aromatic heterocycles. The molecule has 2 aliphatic rings. The van der Waals surface area contributed by atoms with E-state index in [1.54, 1.807) is 0 Å². The summed E-state index contributed by atoms with van der Waals surface area (Å²) in [5.74, 6) is 0. The van der Waals surface area contributed by atoms with Crippen molar-refractivity contribution in [1.82, 2.24) is 0 Å². The van der Waals surface area contributed by atoms with Crippen molar-refractivity contribution in [2.75, 3.05) is 16.8 Å². The third kappa shape index (κ3) is 8.12. The molecule has 1 heterocycles. The van der Waals surface area contributed by atoms with Gasteiger partial charge in [-0.15, -0.1) is 0 Å². The van der Waals surface area contributed by atoms with Gasteiger partial charge in [0.05, 0.1) is 10.7 Å². The lowest BCUT2D eigenvalue weighted by molar-refractivity contribution is 0.873. The fourth-order valence-electron chi connectivity index (χ4n) is 5.56. The molecule has 0 radical (unpaired) electrons. The number of thioether (sulfide) groups is 1. The Kier molecular flexibility index (Phi) is 10.6. The predicted octanol–water partition coefficient (Wildman–Crippen LogP) is 11.5. The first-order chi connectivity index (χ1) is 21.0. The molecule has 43 heavy (non-hydrogen) atoms. The summed E-state index contributed by atoms with van der Waals surface area (Å²) in [5.41, 5.74) is 11.9. The molecule has 0 bridgehead atoms. The number of hydrogen-bond donors (Lipinski definition) is 1. The zero-order valence-corrected chi connectivity index (χ0v) is 26.9. The summed E-state index contributed by atoms with van der Waals surface area (Å²) in [5, 5.41) is 4.68. The summed E-state index contributed by atoms with van der Waals surface area (Å²) in [6.07, 6.45) is 23.6. The SMILES string of the molecule is CCCN1/C(=C/C=C2\CCC(/C=C/c3cc(C)ccc3C)=C2/C=C\CC/C=C/Nc2ccccc2)Sc2ccc(C)cc21. The van der Waals surface area contributed by atoms with Crippen molar-refractivity contribution in [3.63, 3.8) is 0 Å². The van der Waals surface area contributed by atoms with E-state index >= 15 is 0 Å². The predicted molar refractivity (Wildman–Crippen MR) is 190 cm³/mol. The molecular weight excluding hydrogens is 541 g/mol. The summed E-state index contributed by atoms with van der Waals surface area (Å²) in [7, 11) is 0. The summed E-state index contributed by atoms with van der Waals surface area (Å²) in [4.78, 5) is 3.85. The van der Waals surface area contributed by atoms with Crippen LogP contribution in [0.3, 0.4) is 0 Å². The van der Waals surface area contributed by atoms with Crippen LogP contribution in [0.15, 0.2) is 136 Å². The molecule has 1 aliphatic carbocycles. The Hall–Kier alpha value is -3.95. The average Bonchev–Trinajstić information content (AvgIpc) is 3.56. The minimum absolute atomic E-state index is 1.00. The minimum atomic E-state index is 1.00. The van der Waals surface area contributed by atoms with Gasteiger partial charge in [0.15, 0.2) is 0 Å². The second-order valence-corrected chi connectivity index (χ2v) is 12.5. The molecule has 0 unspecified atom stereocenters. The van der Waals surface area contributed by atoms with E-state index in [0.29, 0.717) is 0 Å². The lowest BCUT2D eigenvalue weighted by Gasteiger charge is -2.19. The van der Waals surface area contributed by atoms with E-state index in [1.165, 1.54) is 54.6 Å². The molecular formula is C40H44N2S. The Balaban J connectivity index is 1.36. The molecule has 1 aliphatic heterocycles. The van der Waals surface area contributed by atoms with Crippen LogP contribution < -0.4 is 10.2 Å². The zero-order chi connectivity index (χ0) is 30.0. The van der Waals surface area contributed by atoms with Crippen LogP contribution in [0.5, 0.6) is 0 Å². The molecule has 1 N–H and O–H groups in total. The van der Waals surface area contributed by atoms with Gasteiger partial charge in [0.1, 0.15) is 0 Å². The van der Waals surface area contributed by atoms with Crippen LogP contribution >= 0.6 is 11.8 Å². The van der Waals surface area contributed by atoms with Crippen LogP contribution in [0.1, 0.15) is 61.3 Å². The van der Waals surface area contributed by atoms with E-state index in [9.17, 15) is 0 Å². The van der Waals surface area contributed by atoms with Gasteiger partial charge in [0.25, 0.3) is 0 Å². The van der Waals surface area contributed by atoms with Crippen LogP contribution in [-0.2, 0) is 0 Å². The molecule has 220 valence electrons. The molecule has 3 heteroatoms. The molecule has 5 rings (SSSR count). The maximum absolute atomic E-state index is 3.35. The second kappa shape index (κ2) is 15.0. The zero-order valence-electron chi connectivity index (χ0n) is 26.1. The van der Waals surface area contributed by atoms with Gasteiger partial charge < -0.3 is 10.2 Å². The highest BCUT2D eigenvalue weighted by Crippen LogP contribution is 2.46. The van der Waals surface area contributed by atoms with Gasteiger partial charge in [-0.05, 0) is 123 Å². The van der Waals surface area contributed by atoms with E-state index < -0.39 is 0 Å². The lowest BCUT2D eigenvalue weighted by atomic mass is 10.0. The van der Waals surface area contributed by atoms with Gasteiger partial charge in [0.2, 0.25) is 0 Å². The fraction of sp³-hybridized carbons (Fsp3) is 0.250. The topological polar surface area (TPSA) is 15.3 Å². The first kappa shape index (κ1) is 30.5. The highest BCUT2D eigenvalue weighted by Gasteiger charge is 2.24. The van der Waals surface area contributed by atoms with E-state index in [2.05, 4.69) is 135 Å². The molecule has 3 aromatic carbocycles. The number of para-hydroxylation sites is 1. The highest BCUT2D eigenvalue weighted by atomic mass is 32.2. The van der Waals surface area contributed by atoms with Gasteiger partial charge >= 0.3 is 0 Å². The van der Waals surface area contributed by atoms with Gasteiger partial charge in [-0.3, -0.25) is 0 Å². The first-order valence-corrected chi connectivity index (χ1v) is 16.4.